The second-order valence-electron chi connectivity index (χ2n) is 6.27. The van der Waals surface area contributed by atoms with Crippen molar-refractivity contribution >= 4 is 22.8 Å². The number of amides is 1. The molecule has 0 radical (unpaired) electrons. The molecule has 0 fully saturated rings. The predicted molar refractivity (Wildman–Crippen MR) is 92.0 cm³/mol. The summed E-state index contributed by atoms with van der Waals surface area (Å²) in [5.74, 6) is -0.917. The summed E-state index contributed by atoms with van der Waals surface area (Å²) in [4.78, 5) is 25.5. The molecule has 3 N–H and O–H groups in total. The maximum atomic E-state index is 12.3. The lowest BCUT2D eigenvalue weighted by Crippen LogP contribution is -2.40. The molecule has 130 valence electrons. The Morgan fingerprint density at radius 1 is 1.29 bits per heavy atom. The highest BCUT2D eigenvalue weighted by Gasteiger charge is 2.24. The highest BCUT2D eigenvalue weighted by atomic mass is 16.5. The standard InChI is InChI=1S/C17H24N4O3/c1-10(2)9-13(18)16(22)20-21-14-8-6-5-7-12(14)15(19-21)11(3)17(23)24-4/h5-8,10-11,13H,9,18H2,1-4H3,(H,20,22)/t11?,13-/m0/s1. The van der Waals surface area contributed by atoms with E-state index in [-0.39, 0.29) is 11.9 Å². The van der Waals surface area contributed by atoms with Gasteiger partial charge in [-0.2, -0.15) is 9.89 Å². The molecule has 1 aromatic heterocycles. The number of methoxy groups -OCH3 is 1. The van der Waals surface area contributed by atoms with E-state index in [1.165, 1.54) is 11.9 Å². The van der Waals surface area contributed by atoms with E-state index in [0.29, 0.717) is 23.5 Å². The van der Waals surface area contributed by atoms with Crippen LogP contribution in [0.4, 0.5) is 0 Å². The van der Waals surface area contributed by atoms with Crippen LogP contribution >= 0.6 is 0 Å². The van der Waals surface area contributed by atoms with E-state index in [0.717, 1.165) is 5.39 Å². The second-order valence-corrected chi connectivity index (χ2v) is 6.27. The Morgan fingerprint density at radius 2 is 1.96 bits per heavy atom. The molecule has 1 heterocycles. The van der Waals surface area contributed by atoms with Gasteiger partial charge in [0.2, 0.25) is 0 Å². The number of carbonyl (C=O) groups excluding carboxylic acids is 2. The highest BCUT2D eigenvalue weighted by molar-refractivity contribution is 5.92. The third-order valence-electron chi connectivity index (χ3n) is 3.86. The number of hydrogen-bond donors (Lipinski definition) is 2. The topological polar surface area (TPSA) is 99.2 Å². The Balaban J connectivity index is 2.34. The first-order valence-electron chi connectivity index (χ1n) is 7.97. The van der Waals surface area contributed by atoms with Gasteiger partial charge in [-0.05, 0) is 25.3 Å². The molecule has 7 nitrogen and oxygen atoms in total. The third-order valence-corrected chi connectivity index (χ3v) is 3.86. The Kier molecular flexibility index (Phi) is 5.56. The molecule has 0 saturated heterocycles. The molecule has 0 aliphatic carbocycles. The smallest absolute Gasteiger partial charge is 0.314 e. The normalized spacial score (nSPS) is 13.8. The number of rotatable bonds is 6. The maximum absolute atomic E-state index is 12.3. The SMILES string of the molecule is COC(=O)C(C)c1nn(NC(=O)[C@@H](N)CC(C)C)c2ccccc12. The number of hydrogen-bond acceptors (Lipinski definition) is 5. The van der Waals surface area contributed by atoms with Crippen LogP contribution in [0.3, 0.4) is 0 Å². The van der Waals surface area contributed by atoms with Crippen molar-refractivity contribution in [3.05, 3.63) is 30.0 Å². The van der Waals surface area contributed by atoms with E-state index in [4.69, 9.17) is 10.5 Å². The number of benzene rings is 1. The van der Waals surface area contributed by atoms with Crippen LogP contribution in [0, 0.1) is 5.92 Å². The van der Waals surface area contributed by atoms with E-state index in [2.05, 4.69) is 10.5 Å². The predicted octanol–water partition coefficient (Wildman–Crippen LogP) is 1.76. The van der Waals surface area contributed by atoms with Gasteiger partial charge in [0, 0.05) is 5.39 Å². The molecular formula is C17H24N4O3. The minimum atomic E-state index is -0.616. The number of ether oxygens (including phenoxy) is 1. The first-order chi connectivity index (χ1) is 11.3. The van der Waals surface area contributed by atoms with Crippen LogP contribution < -0.4 is 11.2 Å². The van der Waals surface area contributed by atoms with Crippen molar-refractivity contribution in [2.75, 3.05) is 12.5 Å². The molecule has 0 saturated carbocycles. The first kappa shape index (κ1) is 17.9. The zero-order valence-electron chi connectivity index (χ0n) is 14.4. The van der Waals surface area contributed by atoms with E-state index in [1.54, 1.807) is 6.92 Å². The van der Waals surface area contributed by atoms with E-state index in [1.807, 2.05) is 38.1 Å². The summed E-state index contributed by atoms with van der Waals surface area (Å²) in [6.07, 6.45) is 0.580. The van der Waals surface area contributed by atoms with Crippen LogP contribution in [0.2, 0.25) is 0 Å². The van der Waals surface area contributed by atoms with Gasteiger partial charge in [-0.25, -0.2) is 5.43 Å². The first-order valence-corrected chi connectivity index (χ1v) is 7.97. The van der Waals surface area contributed by atoms with Crippen LogP contribution in [0.5, 0.6) is 0 Å². The number of carbonyl (C=O) groups is 2. The van der Waals surface area contributed by atoms with Gasteiger partial charge in [0.25, 0.3) is 5.91 Å². The van der Waals surface area contributed by atoms with Gasteiger partial charge >= 0.3 is 5.97 Å². The number of fused-ring (bicyclic) bond motifs is 1. The van der Waals surface area contributed by atoms with Crippen LogP contribution in [-0.2, 0) is 14.3 Å². The molecule has 1 unspecified atom stereocenters. The van der Waals surface area contributed by atoms with Gasteiger partial charge in [-0.1, -0.05) is 32.0 Å². The second kappa shape index (κ2) is 7.44. The Morgan fingerprint density at radius 3 is 2.58 bits per heavy atom. The van der Waals surface area contributed by atoms with E-state index < -0.39 is 12.0 Å². The number of aromatic nitrogens is 2. The summed E-state index contributed by atoms with van der Waals surface area (Å²) in [5.41, 5.74) is 9.88. The van der Waals surface area contributed by atoms with Crippen LogP contribution in [0.25, 0.3) is 10.9 Å². The van der Waals surface area contributed by atoms with Gasteiger partial charge < -0.3 is 10.5 Å². The van der Waals surface area contributed by atoms with Gasteiger partial charge in [-0.3, -0.25) is 9.59 Å². The zero-order chi connectivity index (χ0) is 17.9. The highest BCUT2D eigenvalue weighted by Crippen LogP contribution is 2.25. The Labute approximate surface area is 141 Å². The Bertz CT molecular complexity index is 739. The number of nitrogens with one attached hydrogen (secondary N) is 1. The largest absolute Gasteiger partial charge is 0.469 e. The lowest BCUT2D eigenvalue weighted by Gasteiger charge is -2.14. The van der Waals surface area contributed by atoms with Gasteiger partial charge in [0.1, 0.15) is 0 Å². The molecule has 24 heavy (non-hydrogen) atoms. The maximum Gasteiger partial charge on any atom is 0.314 e. The molecule has 0 aliphatic heterocycles. The number of nitrogens with zero attached hydrogens (tertiary/aromatic N) is 2. The lowest BCUT2D eigenvalue weighted by molar-refractivity contribution is -0.142. The summed E-state index contributed by atoms with van der Waals surface area (Å²) in [6, 6.07) is 6.76. The van der Waals surface area contributed by atoms with Crippen LogP contribution in [0.1, 0.15) is 38.8 Å². The lowest BCUT2D eigenvalue weighted by atomic mass is 10.0. The molecule has 1 amide bonds. The summed E-state index contributed by atoms with van der Waals surface area (Å²) < 4.78 is 4.79. The van der Waals surface area contributed by atoms with Crippen molar-refractivity contribution in [1.82, 2.24) is 9.89 Å². The number of para-hydroxylation sites is 1. The fraction of sp³-hybridized carbons (Fsp3) is 0.471. The van der Waals surface area contributed by atoms with Crippen molar-refractivity contribution in [3.63, 3.8) is 0 Å². The number of nitrogens with two attached hydrogens (primary N) is 1. The van der Waals surface area contributed by atoms with Crippen molar-refractivity contribution in [1.29, 1.82) is 0 Å². The minimum Gasteiger partial charge on any atom is -0.469 e. The number of esters is 1. The summed E-state index contributed by atoms with van der Waals surface area (Å²) in [7, 11) is 1.34. The van der Waals surface area contributed by atoms with Gasteiger partial charge in [0.15, 0.2) is 0 Å². The monoisotopic (exact) mass is 332 g/mol. The summed E-state index contributed by atoms with van der Waals surface area (Å²) >= 11 is 0. The summed E-state index contributed by atoms with van der Waals surface area (Å²) in [5, 5.41) is 5.17. The van der Waals surface area contributed by atoms with E-state index in [9.17, 15) is 9.59 Å². The van der Waals surface area contributed by atoms with Crippen molar-refractivity contribution < 1.29 is 14.3 Å². The molecule has 2 rings (SSSR count). The fourth-order valence-corrected chi connectivity index (χ4v) is 2.59. The molecule has 0 bridgehead atoms. The average molecular weight is 332 g/mol. The quantitative estimate of drug-likeness (QED) is 0.785. The fourth-order valence-electron chi connectivity index (χ4n) is 2.59. The van der Waals surface area contributed by atoms with Crippen molar-refractivity contribution in [2.24, 2.45) is 11.7 Å². The summed E-state index contributed by atoms with van der Waals surface area (Å²) in [6.45, 7) is 5.73. The van der Waals surface area contributed by atoms with Crippen LogP contribution in [-0.4, -0.2) is 34.9 Å². The van der Waals surface area contributed by atoms with Crippen molar-refractivity contribution in [3.8, 4) is 0 Å². The molecule has 2 aromatic rings. The van der Waals surface area contributed by atoms with Gasteiger partial charge in [0.05, 0.1) is 30.3 Å². The Hall–Kier alpha value is -2.41. The van der Waals surface area contributed by atoms with Crippen LogP contribution in [0.15, 0.2) is 24.3 Å². The average Bonchev–Trinajstić information content (AvgIpc) is 2.91. The minimum absolute atomic E-state index is 0.311. The van der Waals surface area contributed by atoms with Crippen molar-refractivity contribution in [2.45, 2.75) is 39.2 Å². The van der Waals surface area contributed by atoms with E-state index >= 15 is 0 Å². The van der Waals surface area contributed by atoms with Gasteiger partial charge in [-0.15, -0.1) is 0 Å². The molecule has 0 spiro atoms. The molecular weight excluding hydrogens is 308 g/mol. The molecule has 2 atom stereocenters. The zero-order valence-corrected chi connectivity index (χ0v) is 14.4. The molecule has 1 aromatic carbocycles. The molecule has 7 heteroatoms. The third kappa shape index (κ3) is 3.73. The molecule has 0 aliphatic rings.